The van der Waals surface area contributed by atoms with E-state index in [1.54, 1.807) is 7.11 Å². The molecular weight excluding hydrogens is 472 g/mol. The van der Waals surface area contributed by atoms with Gasteiger partial charge in [0.25, 0.3) is 0 Å². The van der Waals surface area contributed by atoms with E-state index in [2.05, 4.69) is 107 Å². The second-order valence-corrected chi connectivity index (χ2v) is 9.94. The van der Waals surface area contributed by atoms with Crippen molar-refractivity contribution in [3.8, 4) is 11.1 Å². The van der Waals surface area contributed by atoms with Crippen LogP contribution < -0.4 is 15.5 Å². The minimum absolute atomic E-state index is 0.0818. The van der Waals surface area contributed by atoms with Gasteiger partial charge in [-0.15, -0.1) is 0 Å². The average Bonchev–Trinajstić information content (AvgIpc) is 3.37. The number of rotatable bonds is 13. The lowest BCUT2D eigenvalue weighted by atomic mass is 10.0. The van der Waals surface area contributed by atoms with Gasteiger partial charge in [-0.05, 0) is 54.7 Å². The molecule has 3 aromatic rings. The molecule has 202 valence electrons. The molecule has 6 heteroatoms. The van der Waals surface area contributed by atoms with Crippen molar-refractivity contribution in [1.82, 2.24) is 15.5 Å². The molecule has 0 aromatic heterocycles. The van der Waals surface area contributed by atoms with Gasteiger partial charge in [-0.2, -0.15) is 0 Å². The molecule has 0 saturated carbocycles. The molecule has 0 aliphatic carbocycles. The number of hydrogen-bond donors (Lipinski definition) is 2. The lowest BCUT2D eigenvalue weighted by molar-refractivity contribution is -0.125. The fourth-order valence-electron chi connectivity index (χ4n) is 5.24. The first-order valence-electron chi connectivity index (χ1n) is 13.8. The number of amides is 1. The van der Waals surface area contributed by atoms with E-state index in [1.807, 2.05) is 6.07 Å². The van der Waals surface area contributed by atoms with Crippen LogP contribution in [0.4, 0.5) is 5.69 Å². The molecule has 4 rings (SSSR count). The zero-order chi connectivity index (χ0) is 26.7. The molecular formula is C32H42N4O2. The predicted molar refractivity (Wildman–Crippen MR) is 156 cm³/mol. The summed E-state index contributed by atoms with van der Waals surface area (Å²) in [6.45, 7) is 9.77. The Hall–Kier alpha value is -3.19. The highest BCUT2D eigenvalue weighted by atomic mass is 16.5. The van der Waals surface area contributed by atoms with Crippen molar-refractivity contribution in [2.75, 3.05) is 44.8 Å². The summed E-state index contributed by atoms with van der Waals surface area (Å²) in [6, 6.07) is 28.1. The topological polar surface area (TPSA) is 56.8 Å². The SMILES string of the molecule is CCN(CC)c1ccc(CN2C[C@@H](NCc3ccc(-c4ccccc4)cc3)C[C@H]2C(=O)NCCOC)cc1. The van der Waals surface area contributed by atoms with Gasteiger partial charge in [0.05, 0.1) is 12.6 Å². The lowest BCUT2D eigenvalue weighted by Gasteiger charge is -2.25. The normalized spacial score (nSPS) is 17.4. The van der Waals surface area contributed by atoms with Crippen molar-refractivity contribution >= 4 is 11.6 Å². The monoisotopic (exact) mass is 514 g/mol. The Kier molecular flexibility index (Phi) is 10.3. The fourth-order valence-corrected chi connectivity index (χ4v) is 5.24. The van der Waals surface area contributed by atoms with Crippen LogP contribution in [0.1, 0.15) is 31.4 Å². The van der Waals surface area contributed by atoms with Gasteiger partial charge in [0, 0.05) is 58.1 Å². The minimum atomic E-state index is -0.160. The van der Waals surface area contributed by atoms with Crippen LogP contribution in [-0.4, -0.2) is 62.8 Å². The second kappa shape index (κ2) is 14.1. The van der Waals surface area contributed by atoms with Gasteiger partial charge < -0.3 is 20.3 Å². The maximum absolute atomic E-state index is 13.1. The van der Waals surface area contributed by atoms with Crippen molar-refractivity contribution in [2.45, 2.75) is 45.4 Å². The van der Waals surface area contributed by atoms with Crippen LogP contribution in [-0.2, 0) is 22.6 Å². The molecule has 0 radical (unpaired) electrons. The highest BCUT2D eigenvalue weighted by Gasteiger charge is 2.36. The first-order chi connectivity index (χ1) is 18.6. The number of likely N-dealkylation sites (tertiary alicyclic amines) is 1. The Balaban J connectivity index is 1.38. The predicted octanol–water partition coefficient (Wildman–Crippen LogP) is 4.70. The van der Waals surface area contributed by atoms with Crippen molar-refractivity contribution < 1.29 is 9.53 Å². The smallest absolute Gasteiger partial charge is 0.237 e. The van der Waals surface area contributed by atoms with Crippen molar-refractivity contribution in [1.29, 1.82) is 0 Å². The van der Waals surface area contributed by atoms with Gasteiger partial charge in [0.1, 0.15) is 0 Å². The Morgan fingerprint density at radius 1 is 0.921 bits per heavy atom. The van der Waals surface area contributed by atoms with Crippen LogP contribution in [0.25, 0.3) is 11.1 Å². The van der Waals surface area contributed by atoms with E-state index < -0.39 is 0 Å². The number of benzene rings is 3. The number of anilines is 1. The molecule has 0 unspecified atom stereocenters. The molecule has 0 bridgehead atoms. The van der Waals surface area contributed by atoms with E-state index in [0.29, 0.717) is 13.2 Å². The molecule has 3 aromatic carbocycles. The zero-order valence-electron chi connectivity index (χ0n) is 23.0. The van der Waals surface area contributed by atoms with Gasteiger partial charge in [-0.25, -0.2) is 0 Å². The van der Waals surface area contributed by atoms with Crippen molar-refractivity contribution in [2.24, 2.45) is 0 Å². The van der Waals surface area contributed by atoms with Crippen LogP contribution in [0, 0.1) is 0 Å². The van der Waals surface area contributed by atoms with Crippen LogP contribution in [0.3, 0.4) is 0 Å². The summed E-state index contributed by atoms with van der Waals surface area (Å²) in [5.41, 5.74) is 6.17. The number of carbonyl (C=O) groups excluding carboxylic acids is 1. The zero-order valence-corrected chi connectivity index (χ0v) is 23.0. The van der Waals surface area contributed by atoms with E-state index in [9.17, 15) is 4.79 Å². The summed E-state index contributed by atoms with van der Waals surface area (Å²) in [6.07, 6.45) is 0.790. The summed E-state index contributed by atoms with van der Waals surface area (Å²) < 4.78 is 5.13. The summed E-state index contributed by atoms with van der Waals surface area (Å²) >= 11 is 0. The summed E-state index contributed by atoms with van der Waals surface area (Å²) in [4.78, 5) is 17.7. The number of carbonyl (C=O) groups is 1. The molecule has 2 atom stereocenters. The Bertz CT molecular complexity index is 1110. The van der Waals surface area contributed by atoms with Gasteiger partial charge in [0.15, 0.2) is 0 Å². The standard InChI is InChI=1S/C32H42N4O2/c1-4-35(5-2)30-17-13-26(14-18-30)23-36-24-29(21-31(36)32(37)33-19-20-38-3)34-22-25-11-15-28(16-12-25)27-9-7-6-8-10-27/h6-18,29,31,34H,4-5,19-24H2,1-3H3,(H,33,37)/t29-,31-/m0/s1. The third kappa shape index (κ3) is 7.44. The average molecular weight is 515 g/mol. The van der Waals surface area contributed by atoms with E-state index >= 15 is 0 Å². The largest absolute Gasteiger partial charge is 0.383 e. The second-order valence-electron chi connectivity index (χ2n) is 9.94. The summed E-state index contributed by atoms with van der Waals surface area (Å²) in [5.74, 6) is 0.0818. The van der Waals surface area contributed by atoms with Crippen molar-refractivity contribution in [3.63, 3.8) is 0 Å². The highest BCUT2D eigenvalue weighted by Crippen LogP contribution is 2.24. The first kappa shape index (κ1) is 27.8. The van der Waals surface area contributed by atoms with E-state index in [1.165, 1.54) is 27.9 Å². The summed E-state index contributed by atoms with van der Waals surface area (Å²) in [5, 5.41) is 6.77. The maximum Gasteiger partial charge on any atom is 0.237 e. The van der Waals surface area contributed by atoms with Crippen LogP contribution in [0.15, 0.2) is 78.9 Å². The fraction of sp³-hybridized carbons (Fsp3) is 0.406. The van der Waals surface area contributed by atoms with Gasteiger partial charge in [-0.3, -0.25) is 9.69 Å². The van der Waals surface area contributed by atoms with Gasteiger partial charge in [0.2, 0.25) is 5.91 Å². The number of ether oxygens (including phenoxy) is 1. The van der Waals surface area contributed by atoms with E-state index in [4.69, 9.17) is 4.74 Å². The number of hydrogen-bond acceptors (Lipinski definition) is 5. The quantitative estimate of drug-likeness (QED) is 0.324. The van der Waals surface area contributed by atoms with Gasteiger partial charge in [-0.1, -0.05) is 66.7 Å². The van der Waals surface area contributed by atoms with Crippen LogP contribution >= 0.6 is 0 Å². The molecule has 1 aliphatic rings. The van der Waals surface area contributed by atoms with E-state index in [-0.39, 0.29) is 18.0 Å². The molecule has 6 nitrogen and oxygen atoms in total. The molecule has 1 heterocycles. The Labute approximate surface area is 228 Å². The van der Waals surface area contributed by atoms with Crippen LogP contribution in [0.2, 0.25) is 0 Å². The first-order valence-corrected chi connectivity index (χ1v) is 13.8. The molecule has 1 fully saturated rings. The highest BCUT2D eigenvalue weighted by molar-refractivity contribution is 5.82. The Morgan fingerprint density at radius 2 is 1.58 bits per heavy atom. The molecule has 0 spiro atoms. The van der Waals surface area contributed by atoms with Crippen LogP contribution in [0.5, 0.6) is 0 Å². The Morgan fingerprint density at radius 3 is 2.24 bits per heavy atom. The lowest BCUT2D eigenvalue weighted by Crippen LogP contribution is -2.43. The molecule has 2 N–H and O–H groups in total. The number of nitrogens with zero attached hydrogens (tertiary/aromatic N) is 2. The number of nitrogens with one attached hydrogen (secondary N) is 2. The van der Waals surface area contributed by atoms with Gasteiger partial charge >= 0.3 is 0 Å². The molecule has 1 saturated heterocycles. The van der Waals surface area contributed by atoms with Crippen molar-refractivity contribution in [3.05, 3.63) is 90.0 Å². The van der Waals surface area contributed by atoms with E-state index in [0.717, 1.165) is 39.1 Å². The summed E-state index contributed by atoms with van der Waals surface area (Å²) in [7, 11) is 1.65. The number of methoxy groups -OCH3 is 1. The molecule has 38 heavy (non-hydrogen) atoms. The molecule has 1 amide bonds. The minimum Gasteiger partial charge on any atom is -0.383 e. The maximum atomic E-state index is 13.1. The third-order valence-corrected chi connectivity index (χ3v) is 7.42. The third-order valence-electron chi connectivity index (χ3n) is 7.42. The molecule has 1 aliphatic heterocycles.